The molecule has 0 amide bonds. The molecule has 2 aromatic rings. The molecule has 1 aromatic heterocycles. The number of aryl methyl sites for hydroxylation is 1. The molecule has 1 heterocycles. The number of rotatable bonds is 1. The zero-order chi connectivity index (χ0) is 11.0. The molecule has 0 aliphatic carbocycles. The highest BCUT2D eigenvalue weighted by Gasteiger charge is 2.10. The van der Waals surface area contributed by atoms with Crippen molar-refractivity contribution in [2.24, 2.45) is 0 Å². The average molecular weight is 207 g/mol. The molecule has 0 saturated carbocycles. The topological polar surface area (TPSA) is 72.3 Å². The maximum absolute atomic E-state index is 11.4. The molecule has 0 saturated heterocycles. The lowest BCUT2D eigenvalue weighted by atomic mass is 10.1. The van der Waals surface area contributed by atoms with E-state index in [4.69, 9.17) is 4.74 Å². The van der Waals surface area contributed by atoms with Crippen LogP contribution in [0, 0.1) is 6.92 Å². The fourth-order valence-electron chi connectivity index (χ4n) is 1.51. The van der Waals surface area contributed by atoms with Gasteiger partial charge in [-0.05, 0) is 18.6 Å². The van der Waals surface area contributed by atoms with E-state index in [1.807, 2.05) is 0 Å². The van der Waals surface area contributed by atoms with Crippen molar-refractivity contribution >= 4 is 10.9 Å². The van der Waals surface area contributed by atoms with E-state index in [1.54, 1.807) is 19.1 Å². The molecule has 0 fully saturated rings. The maximum atomic E-state index is 11.4. The fourth-order valence-corrected chi connectivity index (χ4v) is 1.51. The minimum absolute atomic E-state index is 0.342. The van der Waals surface area contributed by atoms with Crippen molar-refractivity contribution in [2.45, 2.75) is 6.92 Å². The molecule has 5 heteroatoms. The van der Waals surface area contributed by atoms with Crippen LogP contribution in [-0.2, 0) is 0 Å². The number of ether oxygens (including phenoxy) is 1. The summed E-state index contributed by atoms with van der Waals surface area (Å²) < 4.78 is 9.49. The van der Waals surface area contributed by atoms with E-state index in [0.29, 0.717) is 16.7 Å². The molecule has 5 nitrogen and oxygen atoms in total. The quantitative estimate of drug-likeness (QED) is 0.750. The molecule has 0 spiro atoms. The molecule has 0 unspecified atom stereocenters. The number of nitrogens with one attached hydrogen (secondary N) is 1. The normalized spacial score (nSPS) is 10.5. The van der Waals surface area contributed by atoms with E-state index in [0.717, 1.165) is 5.56 Å². The first kappa shape index (κ1) is 9.51. The number of aromatic nitrogens is 1. The Hall–Kier alpha value is -2.04. The Morgan fingerprint density at radius 2 is 2.07 bits per heavy atom. The Morgan fingerprint density at radius 1 is 1.33 bits per heavy atom. The molecular weight excluding hydrogens is 198 g/mol. The van der Waals surface area contributed by atoms with Gasteiger partial charge in [-0.2, -0.15) is 0 Å². The van der Waals surface area contributed by atoms with Gasteiger partial charge in [0.25, 0.3) is 0 Å². The Labute approximate surface area is 84.3 Å². The molecular formula is C10H9NO4. The Morgan fingerprint density at radius 3 is 2.73 bits per heavy atom. The molecule has 1 N–H and O–H groups in total. The van der Waals surface area contributed by atoms with Gasteiger partial charge >= 0.3 is 11.4 Å². The highest BCUT2D eigenvalue weighted by atomic mass is 16.5. The molecule has 0 bridgehead atoms. The average Bonchev–Trinajstić information content (AvgIpc) is 2.17. The van der Waals surface area contributed by atoms with Crippen molar-refractivity contribution in [3.8, 4) is 5.75 Å². The summed E-state index contributed by atoms with van der Waals surface area (Å²) in [5.74, 6) is -0.336. The molecule has 2 rings (SSSR count). The van der Waals surface area contributed by atoms with Crippen LogP contribution in [0.4, 0.5) is 0 Å². The van der Waals surface area contributed by atoms with Gasteiger partial charge in [0.2, 0.25) is 0 Å². The summed E-state index contributed by atoms with van der Waals surface area (Å²) in [7, 11) is 1.47. The minimum Gasteiger partial charge on any atom is -0.495 e. The van der Waals surface area contributed by atoms with Crippen LogP contribution in [0.3, 0.4) is 0 Å². The minimum atomic E-state index is -0.781. The third-order valence-corrected chi connectivity index (χ3v) is 2.21. The third-order valence-electron chi connectivity index (χ3n) is 2.21. The lowest BCUT2D eigenvalue weighted by Crippen LogP contribution is -2.15. The lowest BCUT2D eigenvalue weighted by molar-refractivity contribution is 0.415. The van der Waals surface area contributed by atoms with Crippen LogP contribution in [0.25, 0.3) is 10.9 Å². The Balaban J connectivity index is 3.07. The SMILES string of the molecule is COc1ccc(C)c2c(=O)oc(=O)[nH]c12. The van der Waals surface area contributed by atoms with Crippen molar-refractivity contribution in [3.05, 3.63) is 38.7 Å². The fraction of sp³-hybridized carbons (Fsp3) is 0.200. The third kappa shape index (κ3) is 1.41. The standard InChI is InChI=1S/C10H9NO4/c1-5-3-4-6(14-2)8-7(5)9(12)15-10(13)11-8/h3-4H,1-2H3,(H,11,13). The highest BCUT2D eigenvalue weighted by Crippen LogP contribution is 2.22. The van der Waals surface area contributed by atoms with Crippen LogP contribution in [-0.4, -0.2) is 12.1 Å². The van der Waals surface area contributed by atoms with Crippen LogP contribution >= 0.6 is 0 Å². The van der Waals surface area contributed by atoms with Gasteiger partial charge in [0.15, 0.2) is 0 Å². The zero-order valence-electron chi connectivity index (χ0n) is 8.29. The molecule has 0 aliphatic rings. The lowest BCUT2D eigenvalue weighted by Gasteiger charge is -2.05. The first-order valence-corrected chi connectivity index (χ1v) is 4.34. The summed E-state index contributed by atoms with van der Waals surface area (Å²) in [6.07, 6.45) is 0. The van der Waals surface area contributed by atoms with Gasteiger partial charge in [0.05, 0.1) is 12.5 Å². The van der Waals surface area contributed by atoms with E-state index in [2.05, 4.69) is 9.40 Å². The molecule has 1 aromatic carbocycles. The van der Waals surface area contributed by atoms with E-state index in [1.165, 1.54) is 7.11 Å². The first-order chi connectivity index (χ1) is 7.13. The number of benzene rings is 1. The Bertz CT molecular complexity index is 623. The van der Waals surface area contributed by atoms with Crippen LogP contribution in [0.15, 0.2) is 26.1 Å². The number of H-pyrrole nitrogens is 1. The van der Waals surface area contributed by atoms with Crippen molar-refractivity contribution < 1.29 is 9.15 Å². The second-order valence-corrected chi connectivity index (χ2v) is 3.14. The maximum Gasteiger partial charge on any atom is 0.419 e. The van der Waals surface area contributed by atoms with Gasteiger partial charge in [-0.25, -0.2) is 9.59 Å². The summed E-state index contributed by atoms with van der Waals surface area (Å²) in [6.45, 7) is 1.76. The number of methoxy groups -OCH3 is 1. The number of fused-ring (bicyclic) bond motifs is 1. The van der Waals surface area contributed by atoms with Crippen molar-refractivity contribution in [1.29, 1.82) is 0 Å². The number of aromatic amines is 1. The highest BCUT2D eigenvalue weighted by molar-refractivity contribution is 5.85. The largest absolute Gasteiger partial charge is 0.495 e. The Kier molecular flexibility index (Phi) is 2.07. The van der Waals surface area contributed by atoms with E-state index < -0.39 is 11.4 Å². The smallest absolute Gasteiger partial charge is 0.419 e. The van der Waals surface area contributed by atoms with Gasteiger partial charge in [-0.3, -0.25) is 4.98 Å². The van der Waals surface area contributed by atoms with Gasteiger partial charge in [0.1, 0.15) is 11.3 Å². The molecule has 15 heavy (non-hydrogen) atoms. The van der Waals surface area contributed by atoms with Crippen molar-refractivity contribution in [2.75, 3.05) is 7.11 Å². The van der Waals surface area contributed by atoms with E-state index >= 15 is 0 Å². The van der Waals surface area contributed by atoms with Crippen molar-refractivity contribution in [3.63, 3.8) is 0 Å². The summed E-state index contributed by atoms with van der Waals surface area (Å²) in [5, 5.41) is 0.342. The van der Waals surface area contributed by atoms with Crippen LogP contribution in [0.5, 0.6) is 5.75 Å². The molecule has 0 atom stereocenters. The van der Waals surface area contributed by atoms with Crippen LogP contribution in [0.1, 0.15) is 5.56 Å². The predicted molar refractivity (Wildman–Crippen MR) is 54.4 cm³/mol. The van der Waals surface area contributed by atoms with Gasteiger partial charge in [-0.15, -0.1) is 0 Å². The van der Waals surface area contributed by atoms with Crippen molar-refractivity contribution in [1.82, 2.24) is 4.98 Å². The zero-order valence-corrected chi connectivity index (χ0v) is 8.29. The van der Waals surface area contributed by atoms with Gasteiger partial charge in [-0.1, -0.05) is 6.07 Å². The first-order valence-electron chi connectivity index (χ1n) is 4.34. The second kappa shape index (κ2) is 3.27. The number of hydrogen-bond acceptors (Lipinski definition) is 4. The monoisotopic (exact) mass is 207 g/mol. The number of hydrogen-bond donors (Lipinski definition) is 1. The van der Waals surface area contributed by atoms with Crippen LogP contribution < -0.4 is 16.1 Å². The van der Waals surface area contributed by atoms with E-state index in [-0.39, 0.29) is 0 Å². The summed E-state index contributed by atoms with van der Waals surface area (Å²) >= 11 is 0. The molecule has 0 radical (unpaired) electrons. The summed E-state index contributed by atoms with van der Waals surface area (Å²) in [5.41, 5.74) is 0.458. The van der Waals surface area contributed by atoms with Crippen LogP contribution in [0.2, 0.25) is 0 Å². The predicted octanol–water partition coefficient (Wildman–Crippen LogP) is 0.798. The molecule has 0 aliphatic heterocycles. The summed E-state index contributed by atoms with van der Waals surface area (Å²) in [4.78, 5) is 24.9. The van der Waals surface area contributed by atoms with E-state index in [9.17, 15) is 9.59 Å². The van der Waals surface area contributed by atoms with Gasteiger partial charge < -0.3 is 9.15 Å². The second-order valence-electron chi connectivity index (χ2n) is 3.14. The summed E-state index contributed by atoms with van der Waals surface area (Å²) in [6, 6.07) is 3.42. The van der Waals surface area contributed by atoms with Gasteiger partial charge in [0, 0.05) is 0 Å². The molecule has 78 valence electrons.